The smallest absolute Gasteiger partial charge is 0.137 e. The molecular weight excluding hydrogens is 254 g/mol. The summed E-state index contributed by atoms with van der Waals surface area (Å²) < 4.78 is 10.4. The maximum atomic E-state index is 6.13. The van der Waals surface area contributed by atoms with Crippen LogP contribution < -0.4 is 10.5 Å². The lowest BCUT2D eigenvalue weighted by molar-refractivity contribution is 0.185. The summed E-state index contributed by atoms with van der Waals surface area (Å²) in [6.45, 7) is 0.438. The summed E-state index contributed by atoms with van der Waals surface area (Å²) in [7, 11) is 3.20. The molecule has 0 spiro atoms. The van der Waals surface area contributed by atoms with Crippen LogP contribution in [0.4, 0.5) is 5.82 Å². The fourth-order valence-electron chi connectivity index (χ4n) is 1.79. The van der Waals surface area contributed by atoms with Crippen LogP contribution >= 0.6 is 11.6 Å². The van der Waals surface area contributed by atoms with E-state index in [4.69, 9.17) is 26.8 Å². The number of methoxy groups -OCH3 is 2. The highest BCUT2D eigenvalue weighted by Gasteiger charge is 2.14. The highest BCUT2D eigenvalue weighted by Crippen LogP contribution is 2.35. The van der Waals surface area contributed by atoms with Gasteiger partial charge in [-0.05, 0) is 23.3 Å². The van der Waals surface area contributed by atoms with Crippen molar-refractivity contribution in [2.75, 3.05) is 20.0 Å². The predicted octanol–water partition coefficient (Wildman–Crippen LogP) is 2.47. The van der Waals surface area contributed by atoms with E-state index in [0.29, 0.717) is 23.2 Å². The van der Waals surface area contributed by atoms with Gasteiger partial charge in [0, 0.05) is 12.7 Å². The van der Waals surface area contributed by atoms with Crippen LogP contribution in [0.2, 0.25) is 5.02 Å². The number of hydrogen-bond acceptors (Lipinski definition) is 4. The second kappa shape index (κ2) is 5.29. The van der Waals surface area contributed by atoms with E-state index >= 15 is 0 Å². The van der Waals surface area contributed by atoms with Gasteiger partial charge in [-0.1, -0.05) is 11.6 Å². The first-order chi connectivity index (χ1) is 8.67. The van der Waals surface area contributed by atoms with Crippen molar-refractivity contribution < 1.29 is 9.47 Å². The highest BCUT2D eigenvalue weighted by atomic mass is 35.5. The Hall–Kier alpha value is -1.72. The second-order valence-electron chi connectivity index (χ2n) is 3.77. The lowest BCUT2D eigenvalue weighted by Gasteiger charge is -2.12. The third-order valence-electron chi connectivity index (χ3n) is 2.64. The molecule has 1 aromatic heterocycles. The minimum Gasteiger partial charge on any atom is -0.495 e. The van der Waals surface area contributed by atoms with Gasteiger partial charge < -0.3 is 15.2 Å². The van der Waals surface area contributed by atoms with Gasteiger partial charge in [0.05, 0.1) is 24.9 Å². The largest absolute Gasteiger partial charge is 0.495 e. The van der Waals surface area contributed by atoms with Crippen LogP contribution in [-0.4, -0.2) is 24.4 Å². The number of benzene rings is 1. The Morgan fingerprint density at radius 3 is 2.67 bits per heavy atom. The molecule has 2 aromatic rings. The summed E-state index contributed by atoms with van der Waals surface area (Å²) in [5.41, 5.74) is 8.44. The monoisotopic (exact) mass is 267 g/mol. The molecule has 18 heavy (non-hydrogen) atoms. The molecule has 6 heteroatoms. The van der Waals surface area contributed by atoms with Crippen molar-refractivity contribution in [3.63, 3.8) is 0 Å². The normalized spacial score (nSPS) is 10.6. The van der Waals surface area contributed by atoms with Crippen molar-refractivity contribution in [3.05, 3.63) is 28.9 Å². The van der Waals surface area contributed by atoms with Gasteiger partial charge in [0.15, 0.2) is 0 Å². The van der Waals surface area contributed by atoms with E-state index in [1.54, 1.807) is 26.5 Å². The van der Waals surface area contributed by atoms with Crippen LogP contribution in [0.5, 0.6) is 5.75 Å². The lowest BCUT2D eigenvalue weighted by atomic mass is 10.0. The molecule has 0 saturated heterocycles. The van der Waals surface area contributed by atoms with Gasteiger partial charge in [0.25, 0.3) is 0 Å². The molecule has 0 saturated carbocycles. The molecule has 0 aliphatic rings. The third kappa shape index (κ3) is 2.27. The number of nitrogens with one attached hydrogen (secondary N) is 1. The quantitative estimate of drug-likeness (QED) is 0.892. The van der Waals surface area contributed by atoms with Crippen LogP contribution in [0.1, 0.15) is 5.56 Å². The van der Waals surface area contributed by atoms with E-state index in [9.17, 15) is 0 Å². The molecule has 3 N–H and O–H groups in total. The number of aromatic amines is 1. The molecule has 0 amide bonds. The first-order valence-electron chi connectivity index (χ1n) is 5.32. The Bertz CT molecular complexity index is 554. The summed E-state index contributed by atoms with van der Waals surface area (Å²) in [6, 6.07) is 3.64. The van der Waals surface area contributed by atoms with Crippen LogP contribution in [0, 0.1) is 0 Å². The van der Waals surface area contributed by atoms with Gasteiger partial charge in [-0.2, -0.15) is 5.10 Å². The first-order valence-corrected chi connectivity index (χ1v) is 5.69. The van der Waals surface area contributed by atoms with E-state index in [2.05, 4.69) is 10.2 Å². The number of nitrogens with two attached hydrogens (primary N) is 1. The van der Waals surface area contributed by atoms with Crippen LogP contribution in [0.25, 0.3) is 11.1 Å². The standard InChI is InChI=1S/C12H14ClN3O2/c1-17-6-7-3-11(18-2)10(13)4-8(7)9-5-15-16-12(9)14/h3-5H,6H2,1-2H3,(H3,14,15,16). The van der Waals surface area contributed by atoms with Gasteiger partial charge in [0.1, 0.15) is 11.6 Å². The van der Waals surface area contributed by atoms with Gasteiger partial charge in [-0.3, -0.25) is 5.10 Å². The molecule has 96 valence electrons. The number of nitrogens with zero attached hydrogens (tertiary/aromatic N) is 1. The zero-order valence-electron chi connectivity index (χ0n) is 10.2. The summed E-state index contributed by atoms with van der Waals surface area (Å²) in [6.07, 6.45) is 1.66. The summed E-state index contributed by atoms with van der Waals surface area (Å²) in [5.74, 6) is 1.10. The third-order valence-corrected chi connectivity index (χ3v) is 2.93. The average Bonchev–Trinajstić information content (AvgIpc) is 2.77. The van der Waals surface area contributed by atoms with E-state index in [-0.39, 0.29) is 0 Å². The summed E-state index contributed by atoms with van der Waals surface area (Å²) >= 11 is 6.13. The molecular formula is C12H14ClN3O2. The molecule has 0 fully saturated rings. The number of H-pyrrole nitrogens is 1. The lowest BCUT2D eigenvalue weighted by Crippen LogP contribution is -1.96. The highest BCUT2D eigenvalue weighted by molar-refractivity contribution is 6.32. The average molecular weight is 268 g/mol. The number of rotatable bonds is 4. The second-order valence-corrected chi connectivity index (χ2v) is 4.18. The number of nitrogen functional groups attached to an aromatic ring is 1. The molecule has 0 bridgehead atoms. The summed E-state index contributed by atoms with van der Waals surface area (Å²) in [5, 5.41) is 7.12. The van der Waals surface area contributed by atoms with Gasteiger partial charge in [-0.25, -0.2) is 0 Å². The molecule has 5 nitrogen and oxygen atoms in total. The predicted molar refractivity (Wildman–Crippen MR) is 70.7 cm³/mol. The van der Waals surface area contributed by atoms with Crippen molar-refractivity contribution in [2.45, 2.75) is 6.61 Å². The van der Waals surface area contributed by atoms with Gasteiger partial charge in [0.2, 0.25) is 0 Å². The SMILES string of the molecule is COCc1cc(OC)c(Cl)cc1-c1cn[nH]c1N. The van der Waals surface area contributed by atoms with E-state index in [1.807, 2.05) is 6.07 Å². The fraction of sp³-hybridized carbons (Fsp3) is 0.250. The number of hydrogen-bond donors (Lipinski definition) is 2. The zero-order chi connectivity index (χ0) is 13.1. The molecule has 0 atom stereocenters. The Morgan fingerprint density at radius 1 is 1.33 bits per heavy atom. The van der Waals surface area contributed by atoms with Crippen molar-refractivity contribution in [2.24, 2.45) is 0 Å². The molecule has 0 unspecified atom stereocenters. The molecule has 2 rings (SSSR count). The molecule has 0 radical (unpaired) electrons. The molecule has 1 heterocycles. The minimum absolute atomic E-state index is 0.438. The van der Waals surface area contributed by atoms with E-state index in [0.717, 1.165) is 16.7 Å². The maximum absolute atomic E-state index is 6.13. The van der Waals surface area contributed by atoms with Gasteiger partial charge in [-0.15, -0.1) is 0 Å². The van der Waals surface area contributed by atoms with Gasteiger partial charge >= 0.3 is 0 Å². The number of aromatic nitrogens is 2. The number of ether oxygens (including phenoxy) is 2. The molecule has 0 aliphatic heterocycles. The Morgan fingerprint density at radius 2 is 2.11 bits per heavy atom. The number of halogens is 1. The topological polar surface area (TPSA) is 73.2 Å². The van der Waals surface area contributed by atoms with Crippen molar-refractivity contribution in [1.82, 2.24) is 10.2 Å². The van der Waals surface area contributed by atoms with Crippen LogP contribution in [-0.2, 0) is 11.3 Å². The first kappa shape index (κ1) is 12.7. The van der Waals surface area contributed by atoms with Crippen molar-refractivity contribution in [3.8, 4) is 16.9 Å². The maximum Gasteiger partial charge on any atom is 0.137 e. The van der Waals surface area contributed by atoms with Crippen molar-refractivity contribution >= 4 is 17.4 Å². The Balaban J connectivity index is 2.58. The molecule has 1 aromatic carbocycles. The summed E-state index contributed by atoms with van der Waals surface area (Å²) in [4.78, 5) is 0. The Labute approximate surface area is 110 Å². The van der Waals surface area contributed by atoms with Crippen LogP contribution in [0.15, 0.2) is 18.3 Å². The minimum atomic E-state index is 0.438. The van der Waals surface area contributed by atoms with E-state index < -0.39 is 0 Å². The molecule has 0 aliphatic carbocycles. The van der Waals surface area contributed by atoms with Crippen LogP contribution in [0.3, 0.4) is 0 Å². The van der Waals surface area contributed by atoms with E-state index in [1.165, 1.54) is 0 Å². The number of anilines is 1. The Kier molecular flexibility index (Phi) is 3.74. The fourth-order valence-corrected chi connectivity index (χ4v) is 2.03. The zero-order valence-corrected chi connectivity index (χ0v) is 10.9. The van der Waals surface area contributed by atoms with Crippen molar-refractivity contribution in [1.29, 1.82) is 0 Å².